The van der Waals surface area contributed by atoms with Gasteiger partial charge in [0.25, 0.3) is 0 Å². The maximum absolute atomic E-state index is 13.1. The number of amides is 2. The van der Waals surface area contributed by atoms with Crippen LogP contribution in [0.25, 0.3) is 0 Å². The summed E-state index contributed by atoms with van der Waals surface area (Å²) in [5.74, 6) is 6.71. The first-order valence-electron chi connectivity index (χ1n) is 37.0. The molecule has 1 aromatic rings. The first kappa shape index (κ1) is 71.4. The molecule has 23 unspecified atom stereocenters. The molecule has 522 valence electrons. The Morgan fingerprint density at radius 3 is 1.51 bits per heavy atom. The highest BCUT2D eigenvalue weighted by Gasteiger charge is 2.47. The van der Waals surface area contributed by atoms with Crippen LogP contribution in [0, 0.1) is 65.1 Å². The fraction of sp³-hybridized carbons (Fsp3) is 0.871. The van der Waals surface area contributed by atoms with Crippen molar-refractivity contribution < 1.29 is 48.5 Å². The lowest BCUT2D eigenvalue weighted by Crippen LogP contribution is -2.75. The number of alkyl carbamates (subject to hydrolysis) is 1. The molecule has 1 aromatic carbocycles. The van der Waals surface area contributed by atoms with E-state index in [2.05, 4.69) is 98.1 Å². The number of para-hydroxylation sites is 1. The molecule has 6 saturated carbocycles. The lowest BCUT2D eigenvalue weighted by Gasteiger charge is -2.52. The van der Waals surface area contributed by atoms with Crippen LogP contribution < -0.4 is 63.2 Å². The summed E-state index contributed by atoms with van der Waals surface area (Å²) in [7, 11) is 0. The average molecular weight is 1290 g/mol. The standard InChI is InChI=1S/C70H122N12O10/c1-44-27-31-54(47(4)39-44)62-72-60(49-22-11-8-12-23-49)73-64(76-62)56-33-29-51(41-58(56)83)87-35-17-6-7-20-38-90-91-43-71-66-78-67(80-68(79-66)82-70(86)92-50-24-13-9-14-25-50)81-69(85)89-37-19-10-18-36-88-52-30-34-57(59(84)42-52)65-75-61(53-26-16-15-21-46(53)3)74-63(77-65)55-32-28-45(2)40-48(55)5/h9,13-14,24-25,43-49,51-68,72-80,83-84H,6-8,10-12,15-23,26-42H2,1-5H3,(H,81,85)(H,82,86)/b71-43+. The van der Waals surface area contributed by atoms with Gasteiger partial charge in [-0.15, -0.1) is 0 Å². The van der Waals surface area contributed by atoms with Crippen molar-refractivity contribution in [2.45, 2.75) is 295 Å². The minimum Gasteiger partial charge on any atom is -0.450 e. The van der Waals surface area contributed by atoms with E-state index >= 15 is 0 Å². The molecule has 0 bridgehead atoms. The Bertz CT molecular complexity index is 2330. The number of rotatable bonds is 27. The van der Waals surface area contributed by atoms with Crippen LogP contribution in [0.4, 0.5) is 9.59 Å². The number of aliphatic imine (C=N–C) groups is 1. The van der Waals surface area contributed by atoms with E-state index in [9.17, 15) is 19.8 Å². The Kier molecular flexibility index (Phi) is 28.6. The fourth-order valence-electron chi connectivity index (χ4n) is 17.6. The lowest BCUT2D eigenvalue weighted by molar-refractivity contribution is -0.217. The van der Waals surface area contributed by atoms with Crippen LogP contribution in [-0.2, 0) is 24.0 Å². The van der Waals surface area contributed by atoms with Gasteiger partial charge in [0.15, 0.2) is 6.29 Å². The molecule has 6 aliphatic carbocycles. The van der Waals surface area contributed by atoms with Gasteiger partial charge in [0.1, 0.15) is 18.3 Å². The van der Waals surface area contributed by atoms with Gasteiger partial charge in [0.2, 0.25) is 6.40 Å². The second kappa shape index (κ2) is 36.9. The topological polar surface area (TPSA) is 275 Å². The van der Waals surface area contributed by atoms with E-state index in [0.717, 1.165) is 76.0 Å². The predicted octanol–water partition coefficient (Wildman–Crippen LogP) is 9.01. The zero-order valence-electron chi connectivity index (χ0n) is 56.6. The first-order chi connectivity index (χ1) is 44.8. The van der Waals surface area contributed by atoms with Gasteiger partial charge >= 0.3 is 12.2 Å². The smallest absolute Gasteiger partial charge is 0.414 e. The van der Waals surface area contributed by atoms with Gasteiger partial charge in [0, 0.05) is 25.0 Å². The van der Waals surface area contributed by atoms with E-state index in [4.69, 9.17) is 28.7 Å². The quantitative estimate of drug-likeness (QED) is 0.0129. The Hall–Kier alpha value is -3.33. The van der Waals surface area contributed by atoms with Crippen LogP contribution in [0.15, 0.2) is 35.3 Å². The molecule has 2 amide bonds. The van der Waals surface area contributed by atoms with Crippen molar-refractivity contribution in [1.82, 2.24) is 58.5 Å². The van der Waals surface area contributed by atoms with Crippen molar-refractivity contribution in [3.63, 3.8) is 0 Å². The van der Waals surface area contributed by atoms with Gasteiger partial charge in [-0.2, -0.15) is 4.89 Å². The molecular formula is C70H122N12O10. The number of aliphatic hydroxyl groups excluding tert-OH is 2. The van der Waals surface area contributed by atoms with Gasteiger partial charge in [-0.1, -0.05) is 117 Å². The third-order valence-electron chi connectivity index (χ3n) is 22.9. The minimum atomic E-state index is -0.882. The Balaban J connectivity index is 0.585. The average Bonchev–Trinajstić information content (AvgIpc) is 0.826. The predicted molar refractivity (Wildman–Crippen MR) is 355 cm³/mol. The van der Waals surface area contributed by atoms with E-state index in [1.165, 1.54) is 103 Å². The number of nitrogens with zero attached hydrogens (tertiary/aromatic N) is 1. The van der Waals surface area contributed by atoms with E-state index in [1.54, 1.807) is 24.3 Å². The largest absolute Gasteiger partial charge is 0.450 e. The van der Waals surface area contributed by atoms with Crippen LogP contribution in [-0.4, -0.2) is 136 Å². The number of hydrogen-bond acceptors (Lipinski definition) is 20. The summed E-state index contributed by atoms with van der Waals surface area (Å²) < 4.78 is 23.7. The zero-order chi connectivity index (χ0) is 64.2. The zero-order valence-corrected chi connectivity index (χ0v) is 56.6. The monoisotopic (exact) mass is 1290 g/mol. The van der Waals surface area contributed by atoms with Crippen LogP contribution in [0.2, 0.25) is 0 Å². The van der Waals surface area contributed by atoms with Crippen LogP contribution in [0.1, 0.15) is 214 Å². The third-order valence-corrected chi connectivity index (χ3v) is 22.9. The number of benzene rings is 1. The highest BCUT2D eigenvalue weighted by atomic mass is 17.2. The van der Waals surface area contributed by atoms with E-state index in [-0.39, 0.29) is 61.5 Å². The maximum Gasteiger partial charge on any atom is 0.414 e. The highest BCUT2D eigenvalue weighted by molar-refractivity contribution is 5.70. The summed E-state index contributed by atoms with van der Waals surface area (Å²) in [5.41, 5.74) is 0. The molecule has 10 rings (SSSR count). The highest BCUT2D eigenvalue weighted by Crippen LogP contribution is 2.41. The number of carbonyl (C=O) groups is 2. The van der Waals surface area contributed by atoms with Crippen molar-refractivity contribution in [2.24, 2.45) is 70.1 Å². The molecule has 22 nitrogen and oxygen atoms in total. The van der Waals surface area contributed by atoms with E-state index < -0.39 is 43.3 Å². The van der Waals surface area contributed by atoms with E-state index in [1.807, 2.05) is 6.07 Å². The molecule has 23 atom stereocenters. The van der Waals surface area contributed by atoms with Crippen molar-refractivity contribution in [3.8, 4) is 5.75 Å². The lowest BCUT2D eigenvalue weighted by atomic mass is 9.72. The van der Waals surface area contributed by atoms with E-state index in [0.29, 0.717) is 92.4 Å². The van der Waals surface area contributed by atoms with Gasteiger partial charge in [-0.05, 0) is 181 Å². The van der Waals surface area contributed by atoms with Gasteiger partial charge in [-0.3, -0.25) is 58.5 Å². The minimum absolute atomic E-state index is 0.0179. The molecule has 0 radical (unpaired) electrons. The second-order valence-electron chi connectivity index (χ2n) is 29.9. The first-order valence-corrected chi connectivity index (χ1v) is 37.0. The second-order valence-corrected chi connectivity index (χ2v) is 29.9. The number of hydrogen-bond donors (Lipinski definition) is 13. The number of carbonyl (C=O) groups excluding carboxylic acids is 2. The number of nitrogens with one attached hydrogen (secondary N) is 11. The van der Waals surface area contributed by atoms with Crippen LogP contribution in [0.5, 0.6) is 5.75 Å². The van der Waals surface area contributed by atoms with Crippen molar-refractivity contribution >= 4 is 18.6 Å². The molecule has 0 spiro atoms. The van der Waals surface area contributed by atoms with Gasteiger partial charge < -0.3 is 34.0 Å². The summed E-state index contributed by atoms with van der Waals surface area (Å²) in [4.78, 5) is 41.1. The summed E-state index contributed by atoms with van der Waals surface area (Å²) in [6.07, 6.45) is 28.0. The van der Waals surface area contributed by atoms with Crippen LogP contribution in [0.3, 0.4) is 0 Å². The number of unbranched alkanes of at least 4 members (excludes halogenated alkanes) is 5. The van der Waals surface area contributed by atoms with Gasteiger partial charge in [-0.25, -0.2) is 14.6 Å². The summed E-state index contributed by atoms with van der Waals surface area (Å²) >= 11 is 0. The molecule has 13 N–H and O–H groups in total. The molecule has 92 heavy (non-hydrogen) atoms. The number of ether oxygens (including phenoxy) is 4. The van der Waals surface area contributed by atoms with Crippen LogP contribution >= 0.6 is 0 Å². The molecule has 22 heteroatoms. The molecule has 3 saturated heterocycles. The summed E-state index contributed by atoms with van der Waals surface area (Å²) in [6, 6.07) is 8.72. The molecule has 0 aromatic heterocycles. The normalized spacial score (nSPS) is 39.3. The van der Waals surface area contributed by atoms with Crippen molar-refractivity contribution in [1.29, 1.82) is 0 Å². The summed E-state index contributed by atoms with van der Waals surface area (Å²) in [6.45, 7) is 14.0. The SMILES string of the molecule is CC1CCC(C2NC(C3CCCCC3)NC(C3CCC(OCCCCCCOO/C=N/C4NC(NC(=O)OCCCCCOC5CCC(C6NC(C7CCCCC7C)NC(C7CCC(C)CC7C)N6)C(O)C5)NC(NC(=O)Oc5ccccc5)N4)CC3O)N2)C(C)C1. The Morgan fingerprint density at radius 2 is 0.957 bits per heavy atom. The van der Waals surface area contributed by atoms with Crippen molar-refractivity contribution in [3.05, 3.63) is 30.3 Å². The fourth-order valence-corrected chi connectivity index (χ4v) is 17.6. The molecule has 9 fully saturated rings. The Labute approximate surface area is 550 Å². The maximum atomic E-state index is 13.1. The molecular weight excluding hydrogens is 1170 g/mol. The molecule has 9 aliphatic rings. The molecule has 3 heterocycles. The van der Waals surface area contributed by atoms with Gasteiger partial charge in [0.05, 0.1) is 74.6 Å². The van der Waals surface area contributed by atoms with Crippen molar-refractivity contribution in [2.75, 3.05) is 26.4 Å². The Morgan fingerprint density at radius 1 is 0.478 bits per heavy atom. The third kappa shape index (κ3) is 21.6. The number of aliphatic hydroxyl groups is 2. The molecule has 3 aliphatic heterocycles. The summed E-state index contributed by atoms with van der Waals surface area (Å²) in [5, 5.41) is 62.2.